The van der Waals surface area contributed by atoms with Gasteiger partial charge in [0.05, 0.1) is 23.8 Å². The average Bonchev–Trinajstić information content (AvgIpc) is 2.73. The molecule has 90 valence electrons. The maximum Gasteiger partial charge on any atom is 0.0550 e. The maximum absolute atomic E-state index is 4.20. The molecule has 2 aromatic heterocycles. The quantitative estimate of drug-likeness (QED) is 0.849. The van der Waals surface area contributed by atoms with Crippen LogP contribution in [-0.2, 0) is 6.54 Å². The molecule has 3 nitrogen and oxygen atoms in total. The Morgan fingerprint density at radius 3 is 2.65 bits per heavy atom. The molecule has 0 aliphatic heterocycles. The molecule has 0 saturated heterocycles. The van der Waals surface area contributed by atoms with Crippen LogP contribution in [0.3, 0.4) is 0 Å². The van der Waals surface area contributed by atoms with Crippen LogP contribution in [0, 0.1) is 6.92 Å². The number of aryl methyl sites for hydroxylation is 1. The molecule has 0 aliphatic carbocycles. The van der Waals surface area contributed by atoms with Crippen LogP contribution in [0.25, 0.3) is 0 Å². The van der Waals surface area contributed by atoms with Crippen LogP contribution in [-0.4, -0.2) is 11.5 Å². The van der Waals surface area contributed by atoms with Gasteiger partial charge in [0, 0.05) is 18.0 Å². The molecule has 4 heteroatoms. The van der Waals surface area contributed by atoms with Crippen LogP contribution < -0.4 is 10.6 Å². The summed E-state index contributed by atoms with van der Waals surface area (Å²) in [5.41, 5.74) is 3.45. The van der Waals surface area contributed by atoms with E-state index in [4.69, 9.17) is 0 Å². The summed E-state index contributed by atoms with van der Waals surface area (Å²) in [7, 11) is 0. The summed E-state index contributed by atoms with van der Waals surface area (Å²) in [6.45, 7) is 5.99. The van der Waals surface area contributed by atoms with Crippen LogP contribution in [0.5, 0.6) is 0 Å². The number of nitrogens with zero attached hydrogens (tertiary/aromatic N) is 1. The highest BCUT2D eigenvalue weighted by atomic mass is 32.1. The highest BCUT2D eigenvalue weighted by molar-refractivity contribution is 7.10. The first-order valence-corrected chi connectivity index (χ1v) is 6.63. The van der Waals surface area contributed by atoms with E-state index in [2.05, 4.69) is 47.0 Å². The monoisotopic (exact) mass is 247 g/mol. The average molecular weight is 247 g/mol. The van der Waals surface area contributed by atoms with E-state index in [-0.39, 0.29) is 0 Å². The Bertz CT molecular complexity index is 479. The molecule has 17 heavy (non-hydrogen) atoms. The lowest BCUT2D eigenvalue weighted by molar-refractivity contribution is 1.14. The van der Waals surface area contributed by atoms with Gasteiger partial charge in [0.1, 0.15) is 0 Å². The van der Waals surface area contributed by atoms with Gasteiger partial charge in [0.2, 0.25) is 0 Å². The summed E-state index contributed by atoms with van der Waals surface area (Å²) in [5.74, 6) is 0. The largest absolute Gasteiger partial charge is 0.384 e. The van der Waals surface area contributed by atoms with Gasteiger partial charge in [-0.25, -0.2) is 0 Å². The van der Waals surface area contributed by atoms with Crippen molar-refractivity contribution in [2.24, 2.45) is 0 Å². The Morgan fingerprint density at radius 1 is 1.24 bits per heavy atom. The molecule has 2 rings (SSSR count). The van der Waals surface area contributed by atoms with Gasteiger partial charge in [-0.2, -0.15) is 0 Å². The Hall–Kier alpha value is -1.55. The molecule has 0 aromatic carbocycles. The van der Waals surface area contributed by atoms with E-state index in [1.807, 2.05) is 12.4 Å². The first-order chi connectivity index (χ1) is 8.29. The summed E-state index contributed by atoms with van der Waals surface area (Å²) in [6.07, 6.45) is 3.69. The smallest absolute Gasteiger partial charge is 0.0550 e. The normalized spacial score (nSPS) is 10.2. The fourth-order valence-corrected chi connectivity index (χ4v) is 2.45. The lowest BCUT2D eigenvalue weighted by Crippen LogP contribution is -2.01. The second kappa shape index (κ2) is 5.68. The van der Waals surface area contributed by atoms with Crippen molar-refractivity contribution in [2.45, 2.75) is 20.4 Å². The Labute approximate surface area is 106 Å². The Balaban J connectivity index is 1.99. The third-order valence-electron chi connectivity index (χ3n) is 2.54. The van der Waals surface area contributed by atoms with Crippen LogP contribution in [0.4, 0.5) is 11.4 Å². The van der Waals surface area contributed by atoms with Gasteiger partial charge in [-0.1, -0.05) is 0 Å². The van der Waals surface area contributed by atoms with Crippen LogP contribution in [0.15, 0.2) is 29.9 Å². The third-order valence-corrected chi connectivity index (χ3v) is 3.56. The lowest BCUT2D eigenvalue weighted by atomic mass is 10.3. The van der Waals surface area contributed by atoms with E-state index in [1.54, 1.807) is 11.3 Å². The number of pyridine rings is 1. The van der Waals surface area contributed by atoms with Crippen molar-refractivity contribution in [3.05, 3.63) is 40.3 Å². The van der Waals surface area contributed by atoms with E-state index in [0.717, 1.165) is 24.5 Å². The van der Waals surface area contributed by atoms with Crippen molar-refractivity contribution < 1.29 is 0 Å². The first kappa shape index (κ1) is 11.9. The third kappa shape index (κ3) is 3.20. The van der Waals surface area contributed by atoms with Crippen molar-refractivity contribution in [3.8, 4) is 0 Å². The highest BCUT2D eigenvalue weighted by Crippen LogP contribution is 2.18. The predicted octanol–water partition coefficient (Wildman–Crippen LogP) is 3.50. The molecular formula is C13H17N3S. The minimum atomic E-state index is 0.862. The van der Waals surface area contributed by atoms with E-state index in [9.17, 15) is 0 Å². The van der Waals surface area contributed by atoms with Crippen molar-refractivity contribution in [2.75, 3.05) is 17.2 Å². The number of hydrogen-bond donors (Lipinski definition) is 2. The molecule has 0 saturated carbocycles. The number of anilines is 2. The van der Waals surface area contributed by atoms with Gasteiger partial charge in [-0.05, 0) is 36.9 Å². The van der Waals surface area contributed by atoms with Crippen molar-refractivity contribution >= 4 is 22.7 Å². The molecular weight excluding hydrogens is 230 g/mol. The zero-order chi connectivity index (χ0) is 12.1. The zero-order valence-electron chi connectivity index (χ0n) is 10.2. The number of nitrogens with one attached hydrogen (secondary N) is 2. The standard InChI is InChI=1S/C13H17N3S/c1-3-15-11-6-12(8-14-7-11)16-9-13-10(2)4-5-17-13/h4-8,15-16H,3,9H2,1-2H3. The van der Waals surface area contributed by atoms with Gasteiger partial charge in [-0.3, -0.25) is 4.98 Å². The van der Waals surface area contributed by atoms with Crippen LogP contribution in [0.2, 0.25) is 0 Å². The summed E-state index contributed by atoms with van der Waals surface area (Å²) in [4.78, 5) is 5.58. The second-order valence-electron chi connectivity index (χ2n) is 3.87. The van der Waals surface area contributed by atoms with Gasteiger partial charge in [-0.15, -0.1) is 11.3 Å². The minimum Gasteiger partial charge on any atom is -0.384 e. The van der Waals surface area contributed by atoms with Gasteiger partial charge in [0.15, 0.2) is 0 Å². The van der Waals surface area contributed by atoms with Gasteiger partial charge >= 0.3 is 0 Å². The lowest BCUT2D eigenvalue weighted by Gasteiger charge is -2.08. The van der Waals surface area contributed by atoms with Crippen molar-refractivity contribution in [3.63, 3.8) is 0 Å². The zero-order valence-corrected chi connectivity index (χ0v) is 11.0. The molecule has 2 aromatic rings. The van der Waals surface area contributed by atoms with E-state index < -0.39 is 0 Å². The molecule has 0 fully saturated rings. The van der Waals surface area contributed by atoms with Crippen LogP contribution >= 0.6 is 11.3 Å². The van der Waals surface area contributed by atoms with Crippen molar-refractivity contribution in [1.29, 1.82) is 0 Å². The number of thiophene rings is 1. The summed E-state index contributed by atoms with van der Waals surface area (Å²) >= 11 is 1.78. The minimum absolute atomic E-state index is 0.862. The van der Waals surface area contributed by atoms with Gasteiger partial charge in [0.25, 0.3) is 0 Å². The fraction of sp³-hybridized carbons (Fsp3) is 0.308. The second-order valence-corrected chi connectivity index (χ2v) is 4.87. The number of rotatable bonds is 5. The van der Waals surface area contributed by atoms with E-state index in [0.29, 0.717) is 0 Å². The van der Waals surface area contributed by atoms with Gasteiger partial charge < -0.3 is 10.6 Å². The molecule has 0 aliphatic rings. The number of aromatic nitrogens is 1. The van der Waals surface area contributed by atoms with Crippen LogP contribution in [0.1, 0.15) is 17.4 Å². The first-order valence-electron chi connectivity index (χ1n) is 5.75. The van der Waals surface area contributed by atoms with Crippen molar-refractivity contribution in [1.82, 2.24) is 4.98 Å². The molecule has 0 spiro atoms. The Kier molecular flexibility index (Phi) is 3.98. The van der Waals surface area contributed by atoms with E-state index >= 15 is 0 Å². The molecule has 0 atom stereocenters. The molecule has 2 N–H and O–H groups in total. The molecule has 0 bridgehead atoms. The summed E-state index contributed by atoms with van der Waals surface area (Å²) in [6, 6.07) is 4.23. The highest BCUT2D eigenvalue weighted by Gasteiger charge is 2.00. The number of hydrogen-bond acceptors (Lipinski definition) is 4. The maximum atomic E-state index is 4.20. The molecule has 0 radical (unpaired) electrons. The molecule has 0 unspecified atom stereocenters. The summed E-state index contributed by atoms with van der Waals surface area (Å²) in [5, 5.41) is 8.77. The predicted molar refractivity (Wildman–Crippen MR) is 74.8 cm³/mol. The fourth-order valence-electron chi connectivity index (χ4n) is 1.60. The molecule has 0 amide bonds. The SMILES string of the molecule is CCNc1cncc(NCc2sccc2C)c1. The topological polar surface area (TPSA) is 37.0 Å². The van der Waals surface area contributed by atoms with E-state index in [1.165, 1.54) is 10.4 Å². The molecule has 2 heterocycles. The Morgan fingerprint density at radius 2 is 2.00 bits per heavy atom. The summed E-state index contributed by atoms with van der Waals surface area (Å²) < 4.78 is 0.